The molecule has 2 rings (SSSR count). The Morgan fingerprint density at radius 1 is 1.28 bits per heavy atom. The highest BCUT2D eigenvalue weighted by atomic mass is 79.9. The zero-order chi connectivity index (χ0) is 13.0. The molecule has 1 aromatic carbocycles. The van der Waals surface area contributed by atoms with Crippen LogP contribution in [0.2, 0.25) is 5.02 Å². The molecule has 0 bridgehead atoms. The van der Waals surface area contributed by atoms with Gasteiger partial charge >= 0.3 is 0 Å². The van der Waals surface area contributed by atoms with E-state index >= 15 is 0 Å². The zero-order valence-electron chi connectivity index (χ0n) is 9.99. The zero-order valence-corrected chi connectivity index (χ0v) is 12.3. The van der Waals surface area contributed by atoms with Crippen molar-refractivity contribution in [3.8, 4) is 5.75 Å². The van der Waals surface area contributed by atoms with E-state index in [1.165, 1.54) is 0 Å². The third kappa shape index (κ3) is 3.03. The second-order valence-electron chi connectivity index (χ2n) is 3.91. The van der Waals surface area contributed by atoms with Crippen LogP contribution in [0.25, 0.3) is 0 Å². The molecule has 2 aromatic rings. The fraction of sp³-hybridized carbons (Fsp3) is 0.214. The predicted molar refractivity (Wildman–Crippen MR) is 77.4 cm³/mol. The molecule has 0 radical (unpaired) electrons. The highest BCUT2D eigenvalue weighted by Crippen LogP contribution is 2.29. The molecule has 1 heterocycles. The quantitative estimate of drug-likeness (QED) is 0.771. The molecule has 0 aliphatic heterocycles. The number of hydrogen-bond acceptors (Lipinski definition) is 2. The summed E-state index contributed by atoms with van der Waals surface area (Å²) in [5, 5.41) is 1.38. The van der Waals surface area contributed by atoms with Crippen LogP contribution < -0.4 is 4.74 Å². The minimum Gasteiger partial charge on any atom is -0.487 e. The highest BCUT2D eigenvalue weighted by Gasteiger charge is 2.08. The van der Waals surface area contributed by atoms with Crippen LogP contribution >= 0.6 is 27.5 Å². The minimum atomic E-state index is 0.451. The van der Waals surface area contributed by atoms with Crippen molar-refractivity contribution in [2.45, 2.75) is 18.9 Å². The molecule has 18 heavy (non-hydrogen) atoms. The Bertz CT molecular complexity index is 545. The molecule has 0 amide bonds. The van der Waals surface area contributed by atoms with Crippen molar-refractivity contribution in [2.75, 3.05) is 0 Å². The first kappa shape index (κ1) is 13.4. The van der Waals surface area contributed by atoms with Gasteiger partial charge in [-0.2, -0.15) is 0 Å². The van der Waals surface area contributed by atoms with Crippen LogP contribution in [0.15, 0.2) is 36.5 Å². The van der Waals surface area contributed by atoms with Gasteiger partial charge in [0.25, 0.3) is 0 Å². The smallest absolute Gasteiger partial charge is 0.130 e. The average molecular weight is 327 g/mol. The number of ether oxygens (including phenoxy) is 1. The van der Waals surface area contributed by atoms with Crippen molar-refractivity contribution < 1.29 is 4.74 Å². The third-order valence-electron chi connectivity index (χ3n) is 2.69. The van der Waals surface area contributed by atoms with Crippen LogP contribution in [0.1, 0.15) is 16.8 Å². The van der Waals surface area contributed by atoms with E-state index in [1.54, 1.807) is 6.20 Å². The van der Waals surface area contributed by atoms with E-state index in [-0.39, 0.29) is 0 Å². The van der Waals surface area contributed by atoms with E-state index in [0.717, 1.165) is 22.6 Å². The Morgan fingerprint density at radius 3 is 2.83 bits per heavy atom. The van der Waals surface area contributed by atoms with Crippen molar-refractivity contribution in [3.05, 3.63) is 58.4 Å². The molecule has 0 spiro atoms. The summed E-state index contributed by atoms with van der Waals surface area (Å²) in [5.41, 5.74) is 3.03. The van der Waals surface area contributed by atoms with Gasteiger partial charge in [0.05, 0.1) is 5.69 Å². The normalized spacial score (nSPS) is 10.4. The van der Waals surface area contributed by atoms with Gasteiger partial charge < -0.3 is 4.74 Å². The summed E-state index contributed by atoms with van der Waals surface area (Å²) in [5.74, 6) is 0.796. The molecule has 0 saturated carbocycles. The lowest BCUT2D eigenvalue weighted by atomic mass is 10.2. The van der Waals surface area contributed by atoms with E-state index < -0.39 is 0 Å². The molecule has 0 unspecified atom stereocenters. The van der Waals surface area contributed by atoms with Gasteiger partial charge in [0.2, 0.25) is 0 Å². The van der Waals surface area contributed by atoms with E-state index in [1.807, 2.05) is 37.3 Å². The number of aromatic nitrogens is 1. The second-order valence-corrected chi connectivity index (χ2v) is 4.87. The molecule has 2 nitrogen and oxygen atoms in total. The molecule has 0 aliphatic carbocycles. The summed E-state index contributed by atoms with van der Waals surface area (Å²) in [4.78, 5) is 4.30. The van der Waals surface area contributed by atoms with Crippen LogP contribution in [0.4, 0.5) is 0 Å². The maximum atomic E-state index is 6.12. The number of halogens is 2. The van der Waals surface area contributed by atoms with Crippen LogP contribution in [-0.4, -0.2) is 4.98 Å². The summed E-state index contributed by atoms with van der Waals surface area (Å²) in [7, 11) is 0. The average Bonchev–Trinajstić information content (AvgIpc) is 2.38. The number of rotatable bonds is 4. The Balaban J connectivity index is 2.16. The predicted octanol–water partition coefficient (Wildman–Crippen LogP) is 4.52. The lowest BCUT2D eigenvalue weighted by Gasteiger charge is -2.11. The van der Waals surface area contributed by atoms with Gasteiger partial charge in [-0.15, -0.1) is 0 Å². The van der Waals surface area contributed by atoms with E-state index in [0.29, 0.717) is 17.0 Å². The van der Waals surface area contributed by atoms with E-state index in [9.17, 15) is 0 Å². The van der Waals surface area contributed by atoms with E-state index in [4.69, 9.17) is 16.3 Å². The topological polar surface area (TPSA) is 22.1 Å². The van der Waals surface area contributed by atoms with Crippen LogP contribution in [0.3, 0.4) is 0 Å². The molecule has 1 aromatic heterocycles. The molecule has 0 fully saturated rings. The fourth-order valence-electron chi connectivity index (χ4n) is 1.62. The van der Waals surface area contributed by atoms with Crippen LogP contribution in [0.5, 0.6) is 5.75 Å². The molecule has 94 valence electrons. The first-order valence-electron chi connectivity index (χ1n) is 5.59. The Morgan fingerprint density at radius 2 is 2.11 bits per heavy atom. The van der Waals surface area contributed by atoms with Crippen LogP contribution in [-0.2, 0) is 11.9 Å². The van der Waals surface area contributed by atoms with Gasteiger partial charge in [-0.1, -0.05) is 39.7 Å². The van der Waals surface area contributed by atoms with Gasteiger partial charge in [0.1, 0.15) is 12.4 Å². The molecule has 0 N–H and O–H groups in total. The fourth-order valence-corrected chi connectivity index (χ4v) is 2.59. The highest BCUT2D eigenvalue weighted by molar-refractivity contribution is 9.08. The molecule has 4 heteroatoms. The van der Waals surface area contributed by atoms with Gasteiger partial charge in [-0.3, -0.25) is 4.98 Å². The summed E-state index contributed by atoms with van der Waals surface area (Å²) >= 11 is 9.54. The lowest BCUT2D eigenvalue weighted by Crippen LogP contribution is -2.02. The van der Waals surface area contributed by atoms with Crippen molar-refractivity contribution in [2.24, 2.45) is 0 Å². The Hall–Kier alpha value is -1.06. The molecule has 0 atom stereocenters. The van der Waals surface area contributed by atoms with E-state index in [2.05, 4.69) is 20.9 Å². The second kappa shape index (κ2) is 6.21. The number of hydrogen-bond donors (Lipinski definition) is 0. The van der Waals surface area contributed by atoms with Crippen molar-refractivity contribution in [1.82, 2.24) is 4.98 Å². The molecular formula is C14H13BrClNO. The van der Waals surface area contributed by atoms with Gasteiger partial charge in [0, 0.05) is 22.1 Å². The monoisotopic (exact) mass is 325 g/mol. The number of nitrogens with zero attached hydrogens (tertiary/aromatic N) is 1. The SMILES string of the molecule is Cc1cccnc1COc1cccc(Cl)c1CBr. The first-order valence-corrected chi connectivity index (χ1v) is 7.09. The summed E-state index contributed by atoms with van der Waals surface area (Å²) in [6.45, 7) is 2.47. The largest absolute Gasteiger partial charge is 0.487 e. The maximum absolute atomic E-state index is 6.12. The summed E-state index contributed by atoms with van der Waals surface area (Å²) in [6, 6.07) is 9.60. The molecule has 0 saturated heterocycles. The number of aryl methyl sites for hydroxylation is 1. The summed E-state index contributed by atoms with van der Waals surface area (Å²) in [6.07, 6.45) is 1.77. The molecular weight excluding hydrogens is 314 g/mol. The number of pyridine rings is 1. The van der Waals surface area contributed by atoms with Crippen molar-refractivity contribution >= 4 is 27.5 Å². The standard InChI is InChI=1S/C14H13BrClNO/c1-10-4-3-7-17-13(10)9-18-14-6-2-5-12(16)11(14)8-15/h2-7H,8-9H2,1H3. The van der Waals surface area contributed by atoms with Crippen molar-refractivity contribution in [1.29, 1.82) is 0 Å². The lowest BCUT2D eigenvalue weighted by molar-refractivity contribution is 0.298. The summed E-state index contributed by atoms with van der Waals surface area (Å²) < 4.78 is 5.80. The van der Waals surface area contributed by atoms with Crippen molar-refractivity contribution in [3.63, 3.8) is 0 Å². The number of alkyl halides is 1. The molecule has 0 aliphatic rings. The van der Waals surface area contributed by atoms with Crippen LogP contribution in [0, 0.1) is 6.92 Å². The Kier molecular flexibility index (Phi) is 4.61. The minimum absolute atomic E-state index is 0.451. The third-order valence-corrected chi connectivity index (χ3v) is 3.61. The number of benzene rings is 1. The van der Waals surface area contributed by atoms with Gasteiger partial charge in [-0.05, 0) is 30.7 Å². The maximum Gasteiger partial charge on any atom is 0.130 e. The first-order chi connectivity index (χ1) is 8.72. The van der Waals surface area contributed by atoms with Gasteiger partial charge in [0.15, 0.2) is 0 Å². The van der Waals surface area contributed by atoms with Gasteiger partial charge in [-0.25, -0.2) is 0 Å². The Labute approximate surface area is 120 Å².